The molecule has 0 aliphatic carbocycles. The minimum Gasteiger partial charge on any atom is -0.496 e. The SMILES string of the molecule is COc1cccc2c1SC[C@H]1C2Nc2ccc(C(O)(C(F)(F)F)C(F)(F)F)cc2C1(C)C. The zero-order valence-corrected chi connectivity index (χ0v) is 18.2. The summed E-state index contributed by atoms with van der Waals surface area (Å²) in [4.78, 5) is 0.961. The van der Waals surface area contributed by atoms with E-state index in [-0.39, 0.29) is 12.0 Å². The monoisotopic (exact) mass is 477 g/mol. The molecule has 2 aliphatic heterocycles. The van der Waals surface area contributed by atoms with Crippen molar-refractivity contribution in [2.75, 3.05) is 18.2 Å². The van der Waals surface area contributed by atoms with Crippen molar-refractivity contribution >= 4 is 17.4 Å². The molecule has 0 fully saturated rings. The lowest BCUT2D eigenvalue weighted by Crippen LogP contribution is -2.54. The lowest BCUT2D eigenvalue weighted by molar-refractivity contribution is -0.376. The molecule has 1 unspecified atom stereocenters. The topological polar surface area (TPSA) is 41.5 Å². The molecule has 0 aromatic heterocycles. The van der Waals surface area contributed by atoms with Crippen LogP contribution < -0.4 is 10.1 Å². The van der Waals surface area contributed by atoms with E-state index >= 15 is 0 Å². The van der Waals surface area contributed by atoms with Gasteiger partial charge >= 0.3 is 12.4 Å². The highest BCUT2D eigenvalue weighted by molar-refractivity contribution is 7.99. The van der Waals surface area contributed by atoms with Crippen LogP contribution in [0.1, 0.15) is 36.6 Å². The first-order chi connectivity index (χ1) is 14.7. The van der Waals surface area contributed by atoms with Gasteiger partial charge in [0.2, 0.25) is 0 Å². The molecule has 0 amide bonds. The molecule has 0 bridgehead atoms. The van der Waals surface area contributed by atoms with Gasteiger partial charge in [0.1, 0.15) is 5.75 Å². The highest BCUT2D eigenvalue weighted by Crippen LogP contribution is 2.57. The Morgan fingerprint density at radius 3 is 2.31 bits per heavy atom. The van der Waals surface area contributed by atoms with Crippen molar-refractivity contribution in [1.82, 2.24) is 0 Å². The van der Waals surface area contributed by atoms with E-state index in [1.165, 1.54) is 6.07 Å². The zero-order valence-electron chi connectivity index (χ0n) is 17.4. The number of benzene rings is 2. The van der Waals surface area contributed by atoms with Crippen LogP contribution in [0.2, 0.25) is 0 Å². The first-order valence-corrected chi connectivity index (χ1v) is 10.8. The summed E-state index contributed by atoms with van der Waals surface area (Å²) in [6.45, 7) is 3.61. The molecule has 4 rings (SSSR count). The second-order valence-corrected chi connectivity index (χ2v) is 9.64. The van der Waals surface area contributed by atoms with Gasteiger partial charge in [0.15, 0.2) is 0 Å². The van der Waals surface area contributed by atoms with Gasteiger partial charge in [-0.2, -0.15) is 26.3 Å². The predicted molar refractivity (Wildman–Crippen MR) is 109 cm³/mol. The Labute approximate surface area is 185 Å². The van der Waals surface area contributed by atoms with Gasteiger partial charge in [-0.1, -0.05) is 32.0 Å². The van der Waals surface area contributed by atoms with Crippen molar-refractivity contribution in [3.05, 3.63) is 53.1 Å². The molecule has 2 aromatic carbocycles. The number of thioether (sulfide) groups is 1. The Morgan fingerprint density at radius 1 is 1.06 bits per heavy atom. The fourth-order valence-electron chi connectivity index (χ4n) is 4.67. The van der Waals surface area contributed by atoms with Gasteiger partial charge in [0.05, 0.1) is 18.0 Å². The van der Waals surface area contributed by atoms with Crippen LogP contribution in [0.3, 0.4) is 0 Å². The summed E-state index contributed by atoms with van der Waals surface area (Å²) in [5, 5.41) is 13.2. The second kappa shape index (κ2) is 7.21. The number of hydrogen-bond acceptors (Lipinski definition) is 4. The third-order valence-corrected chi connectivity index (χ3v) is 7.82. The number of anilines is 1. The van der Waals surface area contributed by atoms with Crippen molar-refractivity contribution in [2.45, 2.75) is 48.2 Å². The number of methoxy groups -OCH3 is 1. The van der Waals surface area contributed by atoms with Gasteiger partial charge in [-0.15, -0.1) is 11.8 Å². The van der Waals surface area contributed by atoms with E-state index in [1.807, 2.05) is 18.2 Å². The maximum absolute atomic E-state index is 13.4. The number of aliphatic hydroxyl groups is 1. The standard InChI is InChI=1S/C22H21F6NO2S/c1-19(2)13-9-11(20(30,21(23,24)25)22(26,27)28)7-8-15(13)29-17-12-5-4-6-16(31-3)18(12)32-10-14(17)19/h4-9,14,17,29-30H,10H2,1-3H3/t14-,17?/m0/s1. The van der Waals surface area contributed by atoms with Gasteiger partial charge in [0.25, 0.3) is 5.60 Å². The normalized spacial score (nSPS) is 22.3. The van der Waals surface area contributed by atoms with Gasteiger partial charge in [-0.3, -0.25) is 0 Å². The number of fused-ring (bicyclic) bond motifs is 4. The lowest BCUT2D eigenvalue weighted by Gasteiger charge is -2.49. The predicted octanol–water partition coefficient (Wildman–Crippen LogP) is 6.17. The molecule has 0 saturated heterocycles. The number of nitrogens with one attached hydrogen (secondary N) is 1. The summed E-state index contributed by atoms with van der Waals surface area (Å²) in [6, 6.07) is 8.15. The lowest BCUT2D eigenvalue weighted by atomic mass is 9.65. The van der Waals surface area contributed by atoms with E-state index in [0.717, 1.165) is 16.5 Å². The fourth-order valence-corrected chi connectivity index (χ4v) is 6.28. The molecule has 174 valence electrons. The molecule has 2 atom stereocenters. The Morgan fingerprint density at radius 2 is 1.72 bits per heavy atom. The summed E-state index contributed by atoms with van der Waals surface area (Å²) in [5.41, 5.74) is -5.26. The van der Waals surface area contributed by atoms with E-state index in [0.29, 0.717) is 28.8 Å². The number of hydrogen-bond donors (Lipinski definition) is 2. The summed E-state index contributed by atoms with van der Waals surface area (Å²) in [7, 11) is 1.57. The molecule has 0 radical (unpaired) electrons. The maximum atomic E-state index is 13.4. The molecular formula is C22H21F6NO2S. The average molecular weight is 477 g/mol. The average Bonchev–Trinajstić information content (AvgIpc) is 2.70. The Kier molecular flexibility index (Phi) is 5.21. The Balaban J connectivity index is 1.85. The molecule has 32 heavy (non-hydrogen) atoms. The van der Waals surface area contributed by atoms with E-state index < -0.39 is 28.9 Å². The molecule has 2 N–H and O–H groups in total. The first kappa shape index (κ1) is 23.1. The van der Waals surface area contributed by atoms with Crippen LogP contribution in [0.25, 0.3) is 0 Å². The molecule has 2 aromatic rings. The molecule has 0 saturated carbocycles. The van der Waals surface area contributed by atoms with Crippen LogP contribution in [0.5, 0.6) is 5.75 Å². The zero-order chi connectivity index (χ0) is 23.7. The van der Waals surface area contributed by atoms with E-state index in [4.69, 9.17) is 4.74 Å². The third-order valence-electron chi connectivity index (χ3n) is 6.56. The summed E-state index contributed by atoms with van der Waals surface area (Å²) < 4.78 is 85.9. The molecule has 0 spiro atoms. The Hall–Kier alpha value is -2.07. The summed E-state index contributed by atoms with van der Waals surface area (Å²) in [5.74, 6) is 1.18. The van der Waals surface area contributed by atoms with Crippen LogP contribution in [0.4, 0.5) is 32.0 Å². The van der Waals surface area contributed by atoms with Crippen molar-refractivity contribution in [2.24, 2.45) is 5.92 Å². The van der Waals surface area contributed by atoms with Crippen molar-refractivity contribution in [3.63, 3.8) is 0 Å². The van der Waals surface area contributed by atoms with Crippen molar-refractivity contribution in [3.8, 4) is 5.75 Å². The van der Waals surface area contributed by atoms with Crippen LogP contribution in [-0.2, 0) is 11.0 Å². The van der Waals surface area contributed by atoms with E-state index in [2.05, 4.69) is 5.32 Å². The van der Waals surface area contributed by atoms with E-state index in [1.54, 1.807) is 32.7 Å². The highest BCUT2D eigenvalue weighted by Gasteiger charge is 2.71. The van der Waals surface area contributed by atoms with Crippen LogP contribution in [-0.4, -0.2) is 30.3 Å². The number of rotatable bonds is 2. The number of alkyl halides is 6. The number of halogens is 6. The van der Waals surface area contributed by atoms with Crippen LogP contribution in [0, 0.1) is 5.92 Å². The fraction of sp³-hybridized carbons (Fsp3) is 0.455. The third kappa shape index (κ3) is 3.17. The molecule has 2 heterocycles. The minimum absolute atomic E-state index is 0.125. The molecule has 10 heteroatoms. The minimum atomic E-state index is -5.93. The second-order valence-electron chi connectivity index (χ2n) is 8.61. The highest BCUT2D eigenvalue weighted by atomic mass is 32.2. The van der Waals surface area contributed by atoms with Crippen LogP contribution >= 0.6 is 11.8 Å². The molecular weight excluding hydrogens is 456 g/mol. The van der Waals surface area contributed by atoms with Crippen molar-refractivity contribution in [1.29, 1.82) is 0 Å². The smallest absolute Gasteiger partial charge is 0.430 e. The van der Waals surface area contributed by atoms with Crippen molar-refractivity contribution < 1.29 is 36.2 Å². The van der Waals surface area contributed by atoms with Crippen LogP contribution in [0.15, 0.2) is 41.3 Å². The molecule has 3 nitrogen and oxygen atoms in total. The number of ether oxygens (including phenoxy) is 1. The largest absolute Gasteiger partial charge is 0.496 e. The quantitative estimate of drug-likeness (QED) is 0.508. The van der Waals surface area contributed by atoms with Gasteiger partial charge in [-0.05, 0) is 34.7 Å². The first-order valence-electron chi connectivity index (χ1n) is 9.80. The summed E-state index contributed by atoms with van der Waals surface area (Å²) >= 11 is 1.55. The maximum Gasteiger partial charge on any atom is 0.430 e. The van der Waals surface area contributed by atoms with E-state index in [9.17, 15) is 31.4 Å². The van der Waals surface area contributed by atoms with Gasteiger partial charge < -0.3 is 15.2 Å². The summed E-state index contributed by atoms with van der Waals surface area (Å²) in [6.07, 6.45) is -11.9. The molecule has 2 aliphatic rings. The Bertz CT molecular complexity index is 1040. The van der Waals surface area contributed by atoms with Gasteiger partial charge in [-0.25, -0.2) is 0 Å². The van der Waals surface area contributed by atoms with Gasteiger partial charge in [0, 0.05) is 22.9 Å².